The van der Waals surface area contributed by atoms with Crippen molar-refractivity contribution < 1.29 is 22.7 Å². The predicted molar refractivity (Wildman–Crippen MR) is 113 cm³/mol. The Morgan fingerprint density at radius 2 is 1.86 bits per heavy atom. The van der Waals surface area contributed by atoms with Crippen molar-refractivity contribution in [1.82, 2.24) is 9.71 Å². The van der Waals surface area contributed by atoms with E-state index in [9.17, 15) is 18.0 Å². The number of benzene rings is 1. The first-order valence-electron chi connectivity index (χ1n) is 8.49. The van der Waals surface area contributed by atoms with Crippen molar-refractivity contribution in [3.8, 4) is 5.75 Å². The first-order valence-corrected chi connectivity index (χ1v) is 11.6. The number of nitrogens with one attached hydrogen (secondary N) is 3. The molecular formula is C17H21ClN4O5S2. The van der Waals surface area contributed by atoms with E-state index in [-0.39, 0.29) is 21.7 Å². The number of aromatic nitrogens is 1. The van der Waals surface area contributed by atoms with Gasteiger partial charge in [0.2, 0.25) is 10.0 Å². The predicted octanol–water partition coefficient (Wildman–Crippen LogP) is 2.46. The normalized spacial score (nSPS) is 11.3. The van der Waals surface area contributed by atoms with Crippen molar-refractivity contribution >= 4 is 55.6 Å². The molecule has 0 aliphatic heterocycles. The number of para-hydroxylation sites is 2. The van der Waals surface area contributed by atoms with Gasteiger partial charge in [0.15, 0.2) is 5.13 Å². The second kappa shape index (κ2) is 10.0. The highest BCUT2D eigenvalue weighted by atomic mass is 35.5. The molecule has 2 amide bonds. The highest BCUT2D eigenvalue weighted by Crippen LogP contribution is 2.28. The maximum Gasteiger partial charge on any atom is 0.315 e. The number of thiazole rings is 1. The maximum atomic E-state index is 12.2. The van der Waals surface area contributed by atoms with Crippen LogP contribution < -0.4 is 20.1 Å². The largest absolute Gasteiger partial charge is 0.491 e. The third-order valence-electron chi connectivity index (χ3n) is 3.29. The average molecular weight is 461 g/mol. The summed E-state index contributed by atoms with van der Waals surface area (Å²) in [6.45, 7) is 4.32. The molecule has 0 bridgehead atoms. The van der Waals surface area contributed by atoms with Gasteiger partial charge in [-0.3, -0.25) is 14.9 Å². The second-order valence-corrected chi connectivity index (χ2v) is 9.88. The van der Waals surface area contributed by atoms with E-state index in [0.717, 1.165) is 17.6 Å². The quantitative estimate of drug-likeness (QED) is 0.519. The molecule has 29 heavy (non-hydrogen) atoms. The van der Waals surface area contributed by atoms with Crippen molar-refractivity contribution in [1.29, 1.82) is 0 Å². The summed E-state index contributed by atoms with van der Waals surface area (Å²) < 4.78 is 30.4. The number of hydrogen-bond acceptors (Lipinski definition) is 7. The number of amides is 2. The van der Waals surface area contributed by atoms with E-state index >= 15 is 0 Å². The van der Waals surface area contributed by atoms with Gasteiger partial charge in [-0.15, -0.1) is 0 Å². The van der Waals surface area contributed by atoms with Crippen LogP contribution in [-0.4, -0.2) is 38.1 Å². The fraction of sp³-hybridized carbons (Fsp3) is 0.353. The summed E-state index contributed by atoms with van der Waals surface area (Å²) in [6, 6.07) is 6.78. The second-order valence-electron chi connectivity index (χ2n) is 6.44. The highest BCUT2D eigenvalue weighted by Gasteiger charge is 2.19. The number of carbonyl (C=O) groups excluding carboxylic acids is 2. The molecule has 3 N–H and O–H groups in total. The summed E-state index contributed by atoms with van der Waals surface area (Å²) in [5.74, 6) is -1.11. The van der Waals surface area contributed by atoms with E-state index in [2.05, 4.69) is 20.3 Å². The number of sulfonamides is 1. The molecule has 0 aliphatic rings. The molecule has 0 spiro atoms. The number of carbonyl (C=O) groups is 2. The summed E-state index contributed by atoms with van der Waals surface area (Å²) >= 11 is 6.91. The first kappa shape index (κ1) is 23.1. The summed E-state index contributed by atoms with van der Waals surface area (Å²) in [5.41, 5.74) is 0.605. The molecule has 1 heterocycles. The molecule has 12 heteroatoms. The summed E-state index contributed by atoms with van der Waals surface area (Å²) in [4.78, 5) is 28.4. The number of ether oxygens (including phenoxy) is 1. The molecule has 9 nitrogen and oxygen atoms in total. The van der Waals surface area contributed by atoms with Gasteiger partial charge in [0.25, 0.3) is 0 Å². The highest BCUT2D eigenvalue weighted by molar-refractivity contribution is 7.88. The minimum Gasteiger partial charge on any atom is -0.491 e. The molecule has 2 aromatic rings. The van der Waals surface area contributed by atoms with E-state index in [4.69, 9.17) is 16.3 Å². The summed E-state index contributed by atoms with van der Waals surface area (Å²) in [7, 11) is -3.42. The van der Waals surface area contributed by atoms with Gasteiger partial charge >= 0.3 is 11.8 Å². The SMILES string of the molecule is CC(C)COc1ccccc1NC(=O)C(=O)Nc1nc(CNS(C)(=O)=O)c(Cl)s1. The molecule has 0 fully saturated rings. The van der Waals surface area contributed by atoms with Crippen LogP contribution in [-0.2, 0) is 26.2 Å². The molecule has 0 saturated carbocycles. The van der Waals surface area contributed by atoms with Crippen molar-refractivity contribution in [2.45, 2.75) is 20.4 Å². The Kier molecular flexibility index (Phi) is 7.96. The Labute approximate surface area is 177 Å². The van der Waals surface area contributed by atoms with Crippen LogP contribution in [0.15, 0.2) is 24.3 Å². The lowest BCUT2D eigenvalue weighted by Crippen LogP contribution is -2.29. The Bertz CT molecular complexity index is 991. The van der Waals surface area contributed by atoms with Gasteiger partial charge in [0, 0.05) is 0 Å². The number of halogens is 1. The molecule has 1 aromatic heterocycles. The lowest BCUT2D eigenvalue weighted by atomic mass is 10.2. The van der Waals surface area contributed by atoms with E-state index in [1.54, 1.807) is 24.3 Å². The Morgan fingerprint density at radius 3 is 2.52 bits per heavy atom. The zero-order valence-electron chi connectivity index (χ0n) is 16.0. The van der Waals surface area contributed by atoms with Crippen LogP contribution in [0, 0.1) is 5.92 Å². The minimum absolute atomic E-state index is 0.0739. The fourth-order valence-corrected chi connectivity index (χ4v) is 3.41. The Hall–Kier alpha value is -2.21. The zero-order chi connectivity index (χ0) is 21.6. The van der Waals surface area contributed by atoms with Crippen molar-refractivity contribution in [2.24, 2.45) is 5.92 Å². The molecule has 0 radical (unpaired) electrons. The van der Waals surface area contributed by atoms with Crippen LogP contribution in [0.5, 0.6) is 5.75 Å². The lowest BCUT2D eigenvalue weighted by Gasteiger charge is -2.13. The van der Waals surface area contributed by atoms with Gasteiger partial charge in [0.1, 0.15) is 10.1 Å². The topological polar surface area (TPSA) is 126 Å². The monoisotopic (exact) mass is 460 g/mol. The van der Waals surface area contributed by atoms with Crippen LogP contribution in [0.4, 0.5) is 10.8 Å². The minimum atomic E-state index is -3.42. The molecule has 2 rings (SSSR count). The Balaban J connectivity index is 2.01. The fourth-order valence-electron chi connectivity index (χ4n) is 1.98. The van der Waals surface area contributed by atoms with Crippen molar-refractivity contribution in [2.75, 3.05) is 23.5 Å². The van der Waals surface area contributed by atoms with E-state index in [1.807, 2.05) is 13.8 Å². The first-order chi connectivity index (χ1) is 13.5. The van der Waals surface area contributed by atoms with Gasteiger partial charge < -0.3 is 10.1 Å². The Morgan fingerprint density at radius 1 is 1.21 bits per heavy atom. The number of nitrogens with zero attached hydrogens (tertiary/aromatic N) is 1. The number of anilines is 2. The van der Waals surface area contributed by atoms with Gasteiger partial charge in [0.05, 0.1) is 30.8 Å². The van der Waals surface area contributed by atoms with Crippen LogP contribution in [0.2, 0.25) is 4.34 Å². The van der Waals surface area contributed by atoms with Gasteiger partial charge in [-0.1, -0.05) is 48.9 Å². The summed E-state index contributed by atoms with van der Waals surface area (Å²) in [5, 5.41) is 4.91. The molecule has 158 valence electrons. The summed E-state index contributed by atoms with van der Waals surface area (Å²) in [6.07, 6.45) is 1.00. The van der Waals surface area contributed by atoms with Crippen molar-refractivity contribution in [3.63, 3.8) is 0 Å². The lowest BCUT2D eigenvalue weighted by molar-refractivity contribution is -0.133. The van der Waals surface area contributed by atoms with E-state index in [0.29, 0.717) is 24.0 Å². The van der Waals surface area contributed by atoms with Gasteiger partial charge in [-0.05, 0) is 18.1 Å². The maximum absolute atomic E-state index is 12.2. The third kappa shape index (κ3) is 7.61. The standard InChI is InChI=1S/C17H21ClN4O5S2/c1-10(2)9-27-13-7-5-4-6-11(13)20-15(23)16(24)22-17-21-12(14(18)28-17)8-19-29(3,25)26/h4-7,10,19H,8-9H2,1-3H3,(H,20,23)(H,21,22,24). The van der Waals surface area contributed by atoms with Crippen LogP contribution in [0.1, 0.15) is 19.5 Å². The molecule has 0 aliphatic carbocycles. The van der Waals surface area contributed by atoms with Crippen molar-refractivity contribution in [3.05, 3.63) is 34.3 Å². The van der Waals surface area contributed by atoms with E-state index in [1.165, 1.54) is 0 Å². The van der Waals surface area contributed by atoms with Gasteiger partial charge in [-0.2, -0.15) is 0 Å². The average Bonchev–Trinajstić information content (AvgIpc) is 2.97. The smallest absolute Gasteiger partial charge is 0.315 e. The van der Waals surface area contributed by atoms with Crippen LogP contribution >= 0.6 is 22.9 Å². The third-order valence-corrected chi connectivity index (χ3v) is 5.21. The van der Waals surface area contributed by atoms with Gasteiger partial charge in [-0.25, -0.2) is 18.1 Å². The van der Waals surface area contributed by atoms with E-state index < -0.39 is 21.8 Å². The molecule has 0 atom stereocenters. The molecule has 1 aromatic carbocycles. The zero-order valence-corrected chi connectivity index (χ0v) is 18.4. The number of hydrogen-bond donors (Lipinski definition) is 3. The molecular weight excluding hydrogens is 440 g/mol. The van der Waals surface area contributed by atoms with Crippen LogP contribution in [0.3, 0.4) is 0 Å². The number of rotatable bonds is 8. The molecule has 0 unspecified atom stereocenters. The van der Waals surface area contributed by atoms with Crippen LogP contribution in [0.25, 0.3) is 0 Å². The molecule has 0 saturated heterocycles.